The van der Waals surface area contributed by atoms with Crippen LogP contribution in [0.15, 0.2) is 0 Å². The fourth-order valence-electron chi connectivity index (χ4n) is 4.86. The van der Waals surface area contributed by atoms with Crippen molar-refractivity contribution in [1.29, 1.82) is 0 Å². The molecule has 3 amide bonds. The highest BCUT2D eigenvalue weighted by Crippen LogP contribution is 2.20. The van der Waals surface area contributed by atoms with Gasteiger partial charge in [0.2, 0.25) is 5.91 Å². The number of hydrogen-bond donors (Lipinski definition) is 2. The summed E-state index contributed by atoms with van der Waals surface area (Å²) in [6.45, 7) is 8.34. The molecule has 3 fully saturated rings. The van der Waals surface area contributed by atoms with Gasteiger partial charge in [-0.25, -0.2) is 4.79 Å². The summed E-state index contributed by atoms with van der Waals surface area (Å²) in [5.74, 6) is -0.195. The minimum absolute atomic E-state index is 0.195. The molecule has 2 heterocycles. The lowest BCUT2D eigenvalue weighted by atomic mass is 9.96. The third kappa shape index (κ3) is 6.43. The Labute approximate surface area is 163 Å². The lowest BCUT2D eigenvalue weighted by molar-refractivity contribution is -0.121. The highest BCUT2D eigenvalue weighted by atomic mass is 16.5. The molecule has 7 heteroatoms. The number of rotatable bonds is 5. The number of nitrogens with zero attached hydrogens (tertiary/aromatic N) is 2. The van der Waals surface area contributed by atoms with E-state index in [4.69, 9.17) is 4.74 Å². The zero-order valence-corrected chi connectivity index (χ0v) is 16.9. The summed E-state index contributed by atoms with van der Waals surface area (Å²) in [5.41, 5.74) is 0. The molecule has 2 N–H and O–H groups in total. The zero-order chi connectivity index (χ0) is 19.2. The van der Waals surface area contributed by atoms with Crippen LogP contribution in [-0.4, -0.2) is 78.8 Å². The number of morpholine rings is 1. The van der Waals surface area contributed by atoms with Gasteiger partial charge in [-0.2, -0.15) is 0 Å². The third-order valence-electron chi connectivity index (χ3n) is 6.00. The maximum Gasteiger partial charge on any atom is 0.321 e. The SMILES string of the molecule is CC1CN(CC2CCCN2CC(=O)NC(=O)NC2CCCCC2)CC(C)O1. The molecule has 1 saturated carbocycles. The van der Waals surface area contributed by atoms with Crippen molar-refractivity contribution in [2.45, 2.75) is 83.1 Å². The molecule has 27 heavy (non-hydrogen) atoms. The van der Waals surface area contributed by atoms with E-state index in [0.717, 1.165) is 64.7 Å². The predicted molar refractivity (Wildman–Crippen MR) is 105 cm³/mol. The van der Waals surface area contributed by atoms with Gasteiger partial charge in [0, 0.05) is 31.7 Å². The second-order valence-corrected chi connectivity index (χ2v) is 8.60. The molecule has 3 aliphatic rings. The van der Waals surface area contributed by atoms with E-state index in [1.54, 1.807) is 0 Å². The van der Waals surface area contributed by atoms with Crippen LogP contribution < -0.4 is 10.6 Å². The third-order valence-corrected chi connectivity index (χ3v) is 6.00. The Morgan fingerprint density at radius 2 is 1.70 bits per heavy atom. The van der Waals surface area contributed by atoms with Crippen LogP contribution in [0.4, 0.5) is 4.79 Å². The van der Waals surface area contributed by atoms with E-state index in [0.29, 0.717) is 12.6 Å². The molecule has 0 aromatic rings. The summed E-state index contributed by atoms with van der Waals surface area (Å²) in [6.07, 6.45) is 8.35. The van der Waals surface area contributed by atoms with Crippen molar-refractivity contribution in [3.63, 3.8) is 0 Å². The maximum absolute atomic E-state index is 12.3. The van der Waals surface area contributed by atoms with E-state index in [9.17, 15) is 9.59 Å². The maximum atomic E-state index is 12.3. The highest BCUT2D eigenvalue weighted by molar-refractivity contribution is 5.95. The fourth-order valence-corrected chi connectivity index (χ4v) is 4.86. The minimum atomic E-state index is -0.335. The van der Waals surface area contributed by atoms with Crippen molar-refractivity contribution in [2.24, 2.45) is 0 Å². The van der Waals surface area contributed by atoms with Gasteiger partial charge in [0.25, 0.3) is 0 Å². The van der Waals surface area contributed by atoms with Crippen molar-refractivity contribution >= 4 is 11.9 Å². The molecule has 0 radical (unpaired) electrons. The largest absolute Gasteiger partial charge is 0.373 e. The van der Waals surface area contributed by atoms with E-state index in [-0.39, 0.29) is 30.2 Å². The van der Waals surface area contributed by atoms with Gasteiger partial charge in [0.05, 0.1) is 18.8 Å². The van der Waals surface area contributed by atoms with Gasteiger partial charge < -0.3 is 10.1 Å². The van der Waals surface area contributed by atoms with Crippen LogP contribution in [0.25, 0.3) is 0 Å². The number of urea groups is 1. The van der Waals surface area contributed by atoms with Crippen LogP contribution in [0.2, 0.25) is 0 Å². The first kappa shape index (κ1) is 20.6. The Hall–Kier alpha value is -1.18. The molecule has 3 atom stereocenters. The average molecular weight is 381 g/mol. The summed E-state index contributed by atoms with van der Waals surface area (Å²) < 4.78 is 5.81. The molecule has 0 aromatic carbocycles. The molecule has 0 spiro atoms. The Morgan fingerprint density at radius 1 is 1.00 bits per heavy atom. The highest BCUT2D eigenvalue weighted by Gasteiger charge is 2.31. The van der Waals surface area contributed by atoms with Gasteiger partial charge in [0.1, 0.15) is 0 Å². The predicted octanol–water partition coefficient (Wildman–Crippen LogP) is 1.72. The van der Waals surface area contributed by atoms with Gasteiger partial charge >= 0.3 is 6.03 Å². The van der Waals surface area contributed by atoms with E-state index < -0.39 is 0 Å². The van der Waals surface area contributed by atoms with Crippen LogP contribution in [-0.2, 0) is 9.53 Å². The minimum Gasteiger partial charge on any atom is -0.373 e. The van der Waals surface area contributed by atoms with Crippen LogP contribution in [0.5, 0.6) is 0 Å². The van der Waals surface area contributed by atoms with Crippen LogP contribution >= 0.6 is 0 Å². The van der Waals surface area contributed by atoms with Gasteiger partial charge in [-0.15, -0.1) is 0 Å². The molecule has 3 unspecified atom stereocenters. The van der Waals surface area contributed by atoms with Crippen molar-refractivity contribution in [3.05, 3.63) is 0 Å². The first-order chi connectivity index (χ1) is 13.0. The lowest BCUT2D eigenvalue weighted by Crippen LogP contribution is -2.52. The monoisotopic (exact) mass is 380 g/mol. The Bertz CT molecular complexity index is 499. The van der Waals surface area contributed by atoms with Crippen LogP contribution in [0.1, 0.15) is 58.8 Å². The van der Waals surface area contributed by atoms with Crippen LogP contribution in [0.3, 0.4) is 0 Å². The number of hydrogen-bond acceptors (Lipinski definition) is 5. The summed E-state index contributed by atoms with van der Waals surface area (Å²) in [7, 11) is 0. The molecule has 0 bridgehead atoms. The number of carbonyl (C=O) groups is 2. The topological polar surface area (TPSA) is 73.9 Å². The van der Waals surface area contributed by atoms with Crippen LogP contribution in [0, 0.1) is 0 Å². The second-order valence-electron chi connectivity index (χ2n) is 8.60. The number of ether oxygens (including phenoxy) is 1. The van der Waals surface area contributed by atoms with E-state index in [1.165, 1.54) is 6.42 Å². The average Bonchev–Trinajstić information content (AvgIpc) is 3.01. The Kier molecular flexibility index (Phi) is 7.49. The van der Waals surface area contributed by atoms with Gasteiger partial charge in [-0.1, -0.05) is 19.3 Å². The second kappa shape index (κ2) is 9.85. The lowest BCUT2D eigenvalue weighted by Gasteiger charge is -2.38. The molecule has 2 saturated heterocycles. The number of carbonyl (C=O) groups excluding carboxylic acids is 2. The number of imide groups is 1. The van der Waals surface area contributed by atoms with E-state index >= 15 is 0 Å². The molecule has 0 aromatic heterocycles. The zero-order valence-electron chi connectivity index (χ0n) is 16.9. The molecule has 3 rings (SSSR count). The van der Waals surface area contributed by atoms with Crippen molar-refractivity contribution in [2.75, 3.05) is 32.7 Å². The Morgan fingerprint density at radius 3 is 2.41 bits per heavy atom. The standard InChI is InChI=1S/C20H36N4O3/c1-15-11-23(12-16(2)27-15)13-18-9-6-10-24(18)14-19(25)22-20(26)21-17-7-4-3-5-8-17/h15-18H,3-14H2,1-2H3,(H2,21,22,25,26). The normalized spacial score (nSPS) is 31.0. The van der Waals surface area contributed by atoms with E-state index in [1.807, 2.05) is 0 Å². The molecular weight excluding hydrogens is 344 g/mol. The quantitative estimate of drug-likeness (QED) is 0.760. The Balaban J connectivity index is 1.41. The van der Waals surface area contributed by atoms with Crippen molar-refractivity contribution in [3.8, 4) is 0 Å². The summed E-state index contributed by atoms with van der Waals surface area (Å²) in [4.78, 5) is 29.1. The molecular formula is C20H36N4O3. The number of nitrogens with one attached hydrogen (secondary N) is 2. The van der Waals surface area contributed by atoms with Gasteiger partial charge in [-0.3, -0.25) is 19.9 Å². The smallest absolute Gasteiger partial charge is 0.321 e. The van der Waals surface area contributed by atoms with Crippen molar-refractivity contribution in [1.82, 2.24) is 20.4 Å². The molecule has 1 aliphatic carbocycles. The summed E-state index contributed by atoms with van der Waals surface area (Å²) >= 11 is 0. The molecule has 154 valence electrons. The molecule has 7 nitrogen and oxygen atoms in total. The fraction of sp³-hybridized carbons (Fsp3) is 0.900. The first-order valence-corrected chi connectivity index (χ1v) is 10.7. The molecule has 2 aliphatic heterocycles. The van der Waals surface area contributed by atoms with Gasteiger partial charge in [-0.05, 0) is 46.1 Å². The number of amides is 3. The van der Waals surface area contributed by atoms with Gasteiger partial charge in [0.15, 0.2) is 0 Å². The summed E-state index contributed by atoms with van der Waals surface area (Å²) in [6, 6.07) is 0.268. The summed E-state index contributed by atoms with van der Waals surface area (Å²) in [5, 5.41) is 5.48. The van der Waals surface area contributed by atoms with Crippen molar-refractivity contribution < 1.29 is 14.3 Å². The number of likely N-dealkylation sites (tertiary alicyclic amines) is 1. The first-order valence-electron chi connectivity index (χ1n) is 10.7. The van der Waals surface area contributed by atoms with E-state index in [2.05, 4.69) is 34.3 Å².